The van der Waals surface area contributed by atoms with Gasteiger partial charge in [-0.05, 0) is 24.5 Å². The number of carbonyl (C=O) groups is 2. The number of rotatable bonds is 9. The summed E-state index contributed by atoms with van der Waals surface area (Å²) >= 11 is 0. The van der Waals surface area contributed by atoms with E-state index in [2.05, 4.69) is 15.1 Å². The molecule has 2 heterocycles. The van der Waals surface area contributed by atoms with Crippen LogP contribution in [0.25, 0.3) is 11.5 Å². The van der Waals surface area contributed by atoms with Gasteiger partial charge in [-0.25, -0.2) is 5.48 Å². The molecule has 0 saturated heterocycles. The average Bonchev–Trinajstić information content (AvgIpc) is 3.24. The van der Waals surface area contributed by atoms with Crippen LogP contribution in [0.4, 0.5) is 0 Å². The first-order valence-corrected chi connectivity index (χ1v) is 10.1. The van der Waals surface area contributed by atoms with Crippen molar-refractivity contribution in [1.29, 1.82) is 0 Å². The van der Waals surface area contributed by atoms with Crippen LogP contribution >= 0.6 is 0 Å². The first-order valence-electron chi connectivity index (χ1n) is 10.1. The molecule has 1 saturated carbocycles. The highest BCUT2D eigenvalue weighted by atomic mass is 16.5. The molecule has 9 heteroatoms. The zero-order valence-electron chi connectivity index (χ0n) is 16.3. The molecule has 0 aromatic carbocycles. The number of hydrogen-bond acceptors (Lipinski definition) is 7. The molecule has 29 heavy (non-hydrogen) atoms. The zero-order valence-corrected chi connectivity index (χ0v) is 16.3. The molecule has 0 spiro atoms. The van der Waals surface area contributed by atoms with Crippen molar-refractivity contribution >= 4 is 11.8 Å². The van der Waals surface area contributed by atoms with Crippen molar-refractivity contribution in [2.45, 2.75) is 63.7 Å². The number of primary amides is 1. The van der Waals surface area contributed by atoms with Crippen LogP contribution in [0.15, 0.2) is 22.9 Å². The lowest BCUT2D eigenvalue weighted by atomic mass is 9.84. The normalized spacial score (nSPS) is 15.8. The Morgan fingerprint density at radius 3 is 2.83 bits per heavy atom. The molecule has 0 radical (unpaired) electrons. The van der Waals surface area contributed by atoms with Crippen molar-refractivity contribution in [3.63, 3.8) is 0 Å². The van der Waals surface area contributed by atoms with Crippen molar-refractivity contribution in [2.24, 2.45) is 11.7 Å². The van der Waals surface area contributed by atoms with Gasteiger partial charge < -0.3 is 10.3 Å². The minimum atomic E-state index is -0.572. The summed E-state index contributed by atoms with van der Waals surface area (Å²) in [6.07, 6.45) is 10.7. The molecule has 1 atom stereocenters. The Balaban J connectivity index is 1.69. The predicted molar refractivity (Wildman–Crippen MR) is 104 cm³/mol. The molecular weight excluding hydrogens is 374 g/mol. The lowest BCUT2D eigenvalue weighted by Crippen LogP contribution is -2.21. The van der Waals surface area contributed by atoms with E-state index in [1.54, 1.807) is 5.48 Å². The van der Waals surface area contributed by atoms with Crippen molar-refractivity contribution in [2.75, 3.05) is 0 Å². The zero-order chi connectivity index (χ0) is 20.6. The lowest BCUT2D eigenvalue weighted by molar-refractivity contribution is -0.129. The number of pyridine rings is 1. The largest absolute Gasteiger partial charge is 0.366 e. The smallest absolute Gasteiger partial charge is 0.248 e. The maximum absolute atomic E-state index is 11.7. The third-order valence-electron chi connectivity index (χ3n) is 5.51. The van der Waals surface area contributed by atoms with Crippen LogP contribution in [0, 0.1) is 5.92 Å². The summed E-state index contributed by atoms with van der Waals surface area (Å²) < 4.78 is 5.39. The number of hydrogen-bond donors (Lipinski definition) is 3. The number of nitrogens with one attached hydrogen (secondary N) is 1. The van der Waals surface area contributed by atoms with Crippen LogP contribution in [0.5, 0.6) is 0 Å². The molecule has 0 bridgehead atoms. The van der Waals surface area contributed by atoms with Crippen molar-refractivity contribution in [3.8, 4) is 11.5 Å². The van der Waals surface area contributed by atoms with Crippen LogP contribution in [0.1, 0.15) is 80.0 Å². The number of aromatic nitrogens is 3. The van der Waals surface area contributed by atoms with Gasteiger partial charge in [0.25, 0.3) is 0 Å². The SMILES string of the molecule is NC(=O)c1ccnc(-c2noc([C@H](CCCC3CCCCC3)CC(=O)NO)n2)c1. The monoisotopic (exact) mass is 401 g/mol. The molecule has 1 fully saturated rings. The highest BCUT2D eigenvalue weighted by Gasteiger charge is 2.24. The summed E-state index contributed by atoms with van der Waals surface area (Å²) in [7, 11) is 0. The minimum absolute atomic E-state index is 0.0531. The van der Waals surface area contributed by atoms with E-state index in [0.29, 0.717) is 23.6 Å². The van der Waals surface area contributed by atoms with Gasteiger partial charge in [-0.3, -0.25) is 19.8 Å². The van der Waals surface area contributed by atoms with E-state index >= 15 is 0 Å². The minimum Gasteiger partial charge on any atom is -0.366 e. The number of nitrogens with zero attached hydrogens (tertiary/aromatic N) is 3. The Morgan fingerprint density at radius 2 is 2.10 bits per heavy atom. The summed E-state index contributed by atoms with van der Waals surface area (Å²) in [5, 5.41) is 12.8. The third kappa shape index (κ3) is 5.83. The van der Waals surface area contributed by atoms with E-state index in [1.807, 2.05) is 0 Å². The van der Waals surface area contributed by atoms with E-state index in [-0.39, 0.29) is 18.2 Å². The van der Waals surface area contributed by atoms with Gasteiger partial charge in [0.1, 0.15) is 5.69 Å². The Hall–Kier alpha value is -2.81. The molecule has 0 unspecified atom stereocenters. The Labute approximate surface area is 169 Å². The molecule has 2 amide bonds. The van der Waals surface area contributed by atoms with E-state index < -0.39 is 11.8 Å². The van der Waals surface area contributed by atoms with Gasteiger partial charge in [0.05, 0.1) is 0 Å². The highest BCUT2D eigenvalue weighted by Crippen LogP contribution is 2.31. The van der Waals surface area contributed by atoms with Crippen LogP contribution < -0.4 is 11.2 Å². The van der Waals surface area contributed by atoms with Crippen molar-refractivity contribution in [1.82, 2.24) is 20.6 Å². The topological polar surface area (TPSA) is 144 Å². The molecule has 2 aromatic rings. The standard InChI is InChI=1S/C20H27N5O4/c21-18(27)14-9-10-22-16(11-14)19-23-20(29-25-19)15(12-17(26)24-28)8-4-7-13-5-2-1-3-6-13/h9-11,13,15,28H,1-8,12H2,(H2,21,27)(H,24,26)/t15-/m1/s1. The summed E-state index contributed by atoms with van der Waals surface area (Å²) in [5.41, 5.74) is 7.63. The molecule has 9 nitrogen and oxygen atoms in total. The first kappa shape index (κ1) is 20.9. The quantitative estimate of drug-likeness (QED) is 0.433. The van der Waals surface area contributed by atoms with E-state index in [0.717, 1.165) is 18.8 Å². The molecule has 2 aromatic heterocycles. The predicted octanol–water partition coefficient (Wildman–Crippen LogP) is 2.96. The fraction of sp³-hybridized carbons (Fsp3) is 0.550. The first-order chi connectivity index (χ1) is 14.1. The second-order valence-electron chi connectivity index (χ2n) is 7.62. The molecule has 3 rings (SSSR count). The second-order valence-corrected chi connectivity index (χ2v) is 7.62. The van der Waals surface area contributed by atoms with Crippen molar-refractivity contribution < 1.29 is 19.3 Å². The van der Waals surface area contributed by atoms with Crippen LogP contribution in [-0.2, 0) is 4.79 Å². The maximum atomic E-state index is 11.7. The number of amides is 2. The maximum Gasteiger partial charge on any atom is 0.248 e. The van der Waals surface area contributed by atoms with Gasteiger partial charge in [0, 0.05) is 24.1 Å². The van der Waals surface area contributed by atoms with Gasteiger partial charge in [-0.2, -0.15) is 4.98 Å². The molecule has 4 N–H and O–H groups in total. The fourth-order valence-electron chi connectivity index (χ4n) is 3.92. The Kier molecular flexibility index (Phi) is 7.29. The van der Waals surface area contributed by atoms with Crippen LogP contribution in [0.3, 0.4) is 0 Å². The molecule has 1 aliphatic carbocycles. The molecule has 1 aliphatic rings. The van der Waals surface area contributed by atoms with E-state index in [4.69, 9.17) is 15.5 Å². The van der Waals surface area contributed by atoms with Crippen molar-refractivity contribution in [3.05, 3.63) is 29.8 Å². The molecule has 0 aliphatic heterocycles. The van der Waals surface area contributed by atoms with E-state index in [1.165, 1.54) is 50.4 Å². The van der Waals surface area contributed by atoms with Gasteiger partial charge in [-0.15, -0.1) is 0 Å². The van der Waals surface area contributed by atoms with E-state index in [9.17, 15) is 9.59 Å². The van der Waals surface area contributed by atoms with Crippen LogP contribution in [0.2, 0.25) is 0 Å². The number of nitrogens with two attached hydrogens (primary N) is 1. The van der Waals surface area contributed by atoms with Gasteiger partial charge in [0.15, 0.2) is 0 Å². The highest BCUT2D eigenvalue weighted by molar-refractivity contribution is 5.93. The third-order valence-corrected chi connectivity index (χ3v) is 5.51. The molecular formula is C20H27N5O4. The average molecular weight is 401 g/mol. The summed E-state index contributed by atoms with van der Waals surface area (Å²) in [4.78, 5) is 31.6. The fourth-order valence-corrected chi connectivity index (χ4v) is 3.92. The van der Waals surface area contributed by atoms with Gasteiger partial charge in [-0.1, -0.05) is 50.1 Å². The number of carbonyl (C=O) groups excluding carboxylic acids is 2. The van der Waals surface area contributed by atoms with Gasteiger partial charge >= 0.3 is 0 Å². The summed E-state index contributed by atoms with van der Waals surface area (Å²) in [6, 6.07) is 3.00. The molecule has 156 valence electrons. The van der Waals surface area contributed by atoms with Crippen LogP contribution in [-0.4, -0.2) is 32.1 Å². The van der Waals surface area contributed by atoms with Gasteiger partial charge in [0.2, 0.25) is 23.5 Å². The summed E-state index contributed by atoms with van der Waals surface area (Å²) in [6.45, 7) is 0. The Morgan fingerprint density at radius 1 is 1.31 bits per heavy atom. The number of hydroxylamine groups is 1. The second kappa shape index (κ2) is 10.1. The summed E-state index contributed by atoms with van der Waals surface area (Å²) in [5.74, 6) is -0.0801. The Bertz CT molecular complexity index is 832. The lowest BCUT2D eigenvalue weighted by Gasteiger charge is -2.22.